The summed E-state index contributed by atoms with van der Waals surface area (Å²) < 4.78 is 24.1. The summed E-state index contributed by atoms with van der Waals surface area (Å²) >= 11 is 14.0. The van der Waals surface area contributed by atoms with Gasteiger partial charge >= 0.3 is 0 Å². The standard InChI is InChI=1S/C16H12Cl2N2O2S2/c1-2-24(21,22)13-6-5-11(14(17)15(13)18)12-9-23-16(20-12)10-4-3-7-19-8-10/h3-9H,2H2,1H3. The summed E-state index contributed by atoms with van der Waals surface area (Å²) in [5, 5.41) is 2.88. The van der Waals surface area contributed by atoms with Crippen molar-refractivity contribution < 1.29 is 8.42 Å². The highest BCUT2D eigenvalue weighted by Gasteiger charge is 2.21. The summed E-state index contributed by atoms with van der Waals surface area (Å²) in [5.74, 6) is -0.0374. The molecule has 0 aliphatic rings. The Labute approximate surface area is 154 Å². The highest BCUT2D eigenvalue weighted by atomic mass is 35.5. The van der Waals surface area contributed by atoms with Gasteiger partial charge in [0.15, 0.2) is 9.84 Å². The number of pyridine rings is 1. The van der Waals surface area contributed by atoms with Gasteiger partial charge in [0.2, 0.25) is 0 Å². The fourth-order valence-electron chi connectivity index (χ4n) is 2.14. The quantitative estimate of drug-likeness (QED) is 0.621. The fraction of sp³-hybridized carbons (Fsp3) is 0.125. The van der Waals surface area contributed by atoms with Crippen molar-refractivity contribution in [2.45, 2.75) is 11.8 Å². The van der Waals surface area contributed by atoms with E-state index in [1.54, 1.807) is 25.4 Å². The van der Waals surface area contributed by atoms with Gasteiger partial charge in [-0.25, -0.2) is 13.4 Å². The van der Waals surface area contributed by atoms with Gasteiger partial charge in [0.05, 0.1) is 26.4 Å². The first-order chi connectivity index (χ1) is 11.4. The lowest BCUT2D eigenvalue weighted by Crippen LogP contribution is -2.04. The lowest BCUT2D eigenvalue weighted by Gasteiger charge is -2.09. The van der Waals surface area contributed by atoms with Gasteiger partial charge in [-0.3, -0.25) is 4.98 Å². The summed E-state index contributed by atoms with van der Waals surface area (Å²) in [5.41, 5.74) is 2.15. The molecular formula is C16H12Cl2N2O2S2. The van der Waals surface area contributed by atoms with Crippen LogP contribution in [-0.2, 0) is 9.84 Å². The number of nitrogens with zero attached hydrogens (tertiary/aromatic N) is 2. The van der Waals surface area contributed by atoms with Crippen LogP contribution in [0.5, 0.6) is 0 Å². The van der Waals surface area contributed by atoms with E-state index in [0.717, 1.165) is 10.6 Å². The molecule has 0 amide bonds. The van der Waals surface area contributed by atoms with Crippen LogP contribution in [0.25, 0.3) is 21.8 Å². The number of rotatable bonds is 4. The molecule has 2 aromatic heterocycles. The molecule has 0 aliphatic carbocycles. The summed E-state index contributed by atoms with van der Waals surface area (Å²) in [7, 11) is -3.43. The van der Waals surface area contributed by atoms with E-state index in [1.165, 1.54) is 17.4 Å². The zero-order valence-corrected chi connectivity index (χ0v) is 15.7. The number of thiazole rings is 1. The predicted octanol–water partition coefficient (Wildman–Crippen LogP) is 4.97. The maximum atomic E-state index is 12.0. The van der Waals surface area contributed by atoms with Crippen LogP contribution in [0, 0.1) is 0 Å². The second-order valence-corrected chi connectivity index (χ2v) is 8.78. The molecule has 0 unspecified atom stereocenters. The molecule has 3 aromatic rings. The Morgan fingerprint density at radius 2 is 1.96 bits per heavy atom. The van der Waals surface area contributed by atoms with Crippen LogP contribution < -0.4 is 0 Å². The van der Waals surface area contributed by atoms with E-state index in [2.05, 4.69) is 9.97 Å². The normalized spacial score (nSPS) is 11.6. The zero-order valence-electron chi connectivity index (χ0n) is 12.5. The topological polar surface area (TPSA) is 59.9 Å². The molecule has 0 saturated carbocycles. The van der Waals surface area contributed by atoms with Gasteiger partial charge in [-0.2, -0.15) is 0 Å². The van der Waals surface area contributed by atoms with Crippen molar-refractivity contribution in [3.8, 4) is 21.8 Å². The van der Waals surface area contributed by atoms with Gasteiger partial charge in [-0.05, 0) is 24.3 Å². The molecule has 0 bridgehead atoms. The number of halogens is 2. The molecule has 0 atom stereocenters. The van der Waals surface area contributed by atoms with Gasteiger partial charge in [0.1, 0.15) is 5.01 Å². The van der Waals surface area contributed by atoms with E-state index in [1.807, 2.05) is 17.5 Å². The number of sulfone groups is 1. The lowest BCUT2D eigenvalue weighted by molar-refractivity contribution is 0.597. The van der Waals surface area contributed by atoms with E-state index < -0.39 is 9.84 Å². The minimum absolute atomic E-state index is 0.0342. The highest BCUT2D eigenvalue weighted by molar-refractivity contribution is 7.91. The van der Waals surface area contributed by atoms with E-state index in [0.29, 0.717) is 11.3 Å². The molecule has 0 aliphatic heterocycles. The molecule has 2 heterocycles. The van der Waals surface area contributed by atoms with Crippen molar-refractivity contribution in [3.63, 3.8) is 0 Å². The minimum Gasteiger partial charge on any atom is -0.264 e. The molecule has 8 heteroatoms. The first kappa shape index (κ1) is 17.4. The Bertz CT molecular complexity index is 987. The number of aromatic nitrogens is 2. The third kappa shape index (κ3) is 3.19. The highest BCUT2D eigenvalue weighted by Crippen LogP contribution is 2.39. The molecule has 0 radical (unpaired) electrons. The first-order valence-electron chi connectivity index (χ1n) is 7.01. The Morgan fingerprint density at radius 1 is 1.17 bits per heavy atom. The van der Waals surface area contributed by atoms with Crippen LogP contribution in [0.3, 0.4) is 0 Å². The van der Waals surface area contributed by atoms with E-state index >= 15 is 0 Å². The van der Waals surface area contributed by atoms with Crippen molar-refractivity contribution in [3.05, 3.63) is 52.1 Å². The zero-order chi connectivity index (χ0) is 17.3. The SMILES string of the molecule is CCS(=O)(=O)c1ccc(-c2csc(-c3cccnc3)n2)c(Cl)c1Cl. The van der Waals surface area contributed by atoms with Crippen LogP contribution in [-0.4, -0.2) is 24.1 Å². The van der Waals surface area contributed by atoms with Gasteiger partial charge in [0, 0.05) is 28.9 Å². The Balaban J connectivity index is 2.06. The molecule has 4 nitrogen and oxygen atoms in total. The van der Waals surface area contributed by atoms with Crippen LogP contribution in [0.15, 0.2) is 46.9 Å². The van der Waals surface area contributed by atoms with E-state index in [-0.39, 0.29) is 20.7 Å². The van der Waals surface area contributed by atoms with Crippen LogP contribution in [0.4, 0.5) is 0 Å². The van der Waals surface area contributed by atoms with Crippen LogP contribution in [0.1, 0.15) is 6.92 Å². The summed E-state index contributed by atoms with van der Waals surface area (Å²) in [6.45, 7) is 1.56. The maximum absolute atomic E-state index is 12.0. The number of hydrogen-bond acceptors (Lipinski definition) is 5. The molecule has 1 aromatic carbocycles. The average molecular weight is 399 g/mol. The maximum Gasteiger partial charge on any atom is 0.179 e. The third-order valence-corrected chi connectivity index (χ3v) is 7.11. The van der Waals surface area contributed by atoms with Crippen molar-refractivity contribution >= 4 is 44.4 Å². The second kappa shape index (κ2) is 6.80. The first-order valence-corrected chi connectivity index (χ1v) is 10.3. The smallest absolute Gasteiger partial charge is 0.179 e. The molecule has 0 saturated heterocycles. The molecule has 0 spiro atoms. The van der Waals surface area contributed by atoms with Crippen LogP contribution >= 0.6 is 34.5 Å². The lowest BCUT2D eigenvalue weighted by atomic mass is 10.2. The molecule has 0 N–H and O–H groups in total. The van der Waals surface area contributed by atoms with Crippen LogP contribution in [0.2, 0.25) is 10.0 Å². The molecule has 124 valence electrons. The fourth-order valence-corrected chi connectivity index (χ4v) is 4.75. The summed E-state index contributed by atoms with van der Waals surface area (Å²) in [6, 6.07) is 6.87. The molecular weight excluding hydrogens is 387 g/mol. The van der Waals surface area contributed by atoms with Crippen molar-refractivity contribution in [2.75, 3.05) is 5.75 Å². The Morgan fingerprint density at radius 3 is 2.62 bits per heavy atom. The predicted molar refractivity (Wildman–Crippen MR) is 98.5 cm³/mol. The van der Waals surface area contributed by atoms with E-state index in [4.69, 9.17) is 23.2 Å². The molecule has 24 heavy (non-hydrogen) atoms. The van der Waals surface area contributed by atoms with Crippen molar-refractivity contribution in [1.29, 1.82) is 0 Å². The number of benzene rings is 1. The molecule has 0 fully saturated rings. The Hall–Kier alpha value is -1.47. The largest absolute Gasteiger partial charge is 0.264 e. The van der Waals surface area contributed by atoms with Gasteiger partial charge < -0.3 is 0 Å². The van der Waals surface area contributed by atoms with Gasteiger partial charge in [-0.15, -0.1) is 11.3 Å². The van der Waals surface area contributed by atoms with Gasteiger partial charge in [-0.1, -0.05) is 30.1 Å². The summed E-state index contributed by atoms with van der Waals surface area (Å²) in [6.07, 6.45) is 3.43. The summed E-state index contributed by atoms with van der Waals surface area (Å²) in [4.78, 5) is 8.67. The van der Waals surface area contributed by atoms with Crippen molar-refractivity contribution in [1.82, 2.24) is 9.97 Å². The molecule has 3 rings (SSSR count). The van der Waals surface area contributed by atoms with Crippen molar-refractivity contribution in [2.24, 2.45) is 0 Å². The average Bonchev–Trinajstić information content (AvgIpc) is 3.07. The third-order valence-electron chi connectivity index (χ3n) is 3.45. The number of hydrogen-bond donors (Lipinski definition) is 0. The monoisotopic (exact) mass is 398 g/mol. The van der Waals surface area contributed by atoms with E-state index in [9.17, 15) is 8.42 Å². The minimum atomic E-state index is -3.43. The Kier molecular flexibility index (Phi) is 4.92. The second-order valence-electron chi connectivity index (χ2n) is 4.92. The van der Waals surface area contributed by atoms with Gasteiger partial charge in [0.25, 0.3) is 0 Å².